The minimum absolute atomic E-state index is 0.317. The van der Waals surface area contributed by atoms with Gasteiger partial charge in [-0.3, -0.25) is 0 Å². The van der Waals surface area contributed by atoms with E-state index in [0.717, 1.165) is 28.0 Å². The van der Waals surface area contributed by atoms with Gasteiger partial charge in [0.1, 0.15) is 0 Å². The molecule has 0 unspecified atom stereocenters. The smallest absolute Gasteiger partial charge is 0.343 e. The third-order valence-corrected chi connectivity index (χ3v) is 8.80. The molecule has 0 atom stereocenters. The molecular weight excluding hydrogens is 490 g/mol. The van der Waals surface area contributed by atoms with Crippen molar-refractivity contribution >= 4 is 27.8 Å². The lowest BCUT2D eigenvalue weighted by atomic mass is 9.64. The molecule has 0 fully saturated rings. The van der Waals surface area contributed by atoms with E-state index in [1.165, 1.54) is 44.5 Å². The van der Waals surface area contributed by atoms with Crippen LogP contribution in [0.15, 0.2) is 119 Å². The summed E-state index contributed by atoms with van der Waals surface area (Å²) < 4.78 is 5.36. The number of nitrogens with zero attached hydrogens (tertiary/aromatic N) is 1. The van der Waals surface area contributed by atoms with Gasteiger partial charge in [-0.15, -0.1) is 0 Å². The molecule has 0 N–H and O–H groups in total. The third kappa shape index (κ3) is 2.87. The summed E-state index contributed by atoms with van der Waals surface area (Å²) in [6, 6.07) is 37.4. The van der Waals surface area contributed by atoms with Gasteiger partial charge in [0.25, 0.3) is 0 Å². The second-order valence-electron chi connectivity index (χ2n) is 11.2. The molecule has 5 aromatic carbocycles. The van der Waals surface area contributed by atoms with E-state index in [0.29, 0.717) is 5.39 Å². The van der Waals surface area contributed by atoms with Crippen LogP contribution in [-0.2, 0) is 5.41 Å². The van der Waals surface area contributed by atoms with E-state index in [-0.39, 0.29) is 5.63 Å². The molecule has 2 heterocycles. The SMILES string of the molecule is Cc1ccc2c(c1)C1(c3ccccc3-c3ccccc31)c1cc(C)ccc1N2c1ccc2c(C)coc(=O)c2c1. The lowest BCUT2D eigenvalue weighted by molar-refractivity contribution is 0.516. The van der Waals surface area contributed by atoms with E-state index in [2.05, 4.69) is 110 Å². The monoisotopic (exact) mass is 517 g/mol. The number of benzene rings is 5. The van der Waals surface area contributed by atoms with E-state index in [1.807, 2.05) is 19.1 Å². The van der Waals surface area contributed by atoms with Gasteiger partial charge < -0.3 is 9.32 Å². The Morgan fingerprint density at radius 2 is 1.18 bits per heavy atom. The molecule has 1 spiro atoms. The molecule has 1 aliphatic heterocycles. The first-order chi connectivity index (χ1) is 19.5. The van der Waals surface area contributed by atoms with E-state index in [9.17, 15) is 4.79 Å². The molecule has 40 heavy (non-hydrogen) atoms. The first-order valence-electron chi connectivity index (χ1n) is 13.7. The van der Waals surface area contributed by atoms with E-state index < -0.39 is 5.41 Å². The molecule has 0 saturated heterocycles. The van der Waals surface area contributed by atoms with E-state index in [1.54, 1.807) is 6.26 Å². The summed E-state index contributed by atoms with van der Waals surface area (Å²) in [4.78, 5) is 15.2. The number of aryl methyl sites for hydroxylation is 3. The Bertz CT molecular complexity index is 1980. The standard InChI is InChI=1S/C37H27NO2/c1-22-12-16-34-32(18-22)37(30-10-6-4-8-27(30)28-9-5-7-11-31(28)37)33-19-23(2)13-17-35(33)38(34)25-14-15-26-24(3)21-40-36(39)29(26)20-25/h4-21H,1-3H3. The molecule has 3 heteroatoms. The summed E-state index contributed by atoms with van der Waals surface area (Å²) in [6.07, 6.45) is 1.54. The van der Waals surface area contributed by atoms with Gasteiger partial charge in [-0.2, -0.15) is 0 Å². The van der Waals surface area contributed by atoms with E-state index in [4.69, 9.17) is 4.42 Å². The van der Waals surface area contributed by atoms with Crippen molar-refractivity contribution in [3.63, 3.8) is 0 Å². The van der Waals surface area contributed by atoms with Crippen LogP contribution in [0.1, 0.15) is 38.9 Å². The first kappa shape index (κ1) is 23.0. The Morgan fingerprint density at radius 3 is 1.77 bits per heavy atom. The summed E-state index contributed by atoms with van der Waals surface area (Å²) in [5.74, 6) is 0. The van der Waals surface area contributed by atoms with Crippen molar-refractivity contribution in [2.75, 3.05) is 4.90 Å². The van der Waals surface area contributed by atoms with Crippen molar-refractivity contribution in [1.82, 2.24) is 0 Å². The Morgan fingerprint density at radius 1 is 0.600 bits per heavy atom. The molecule has 0 saturated carbocycles. The Balaban J connectivity index is 1.53. The number of hydrogen-bond donors (Lipinski definition) is 0. The molecule has 3 nitrogen and oxygen atoms in total. The molecule has 0 bridgehead atoms. The van der Waals surface area contributed by atoms with Crippen LogP contribution >= 0.6 is 0 Å². The van der Waals surface area contributed by atoms with Crippen LogP contribution in [0.3, 0.4) is 0 Å². The van der Waals surface area contributed by atoms with Crippen molar-refractivity contribution in [1.29, 1.82) is 0 Å². The molecule has 1 aromatic heterocycles. The largest absolute Gasteiger partial charge is 0.431 e. The second kappa shape index (κ2) is 8.06. The summed E-state index contributed by atoms with van der Waals surface area (Å²) in [5, 5.41) is 1.51. The molecule has 6 aromatic rings. The van der Waals surface area contributed by atoms with Gasteiger partial charge in [0, 0.05) is 5.69 Å². The van der Waals surface area contributed by atoms with Gasteiger partial charge in [0.15, 0.2) is 0 Å². The number of hydrogen-bond acceptors (Lipinski definition) is 3. The lowest BCUT2D eigenvalue weighted by Gasteiger charge is -2.45. The Kier molecular flexibility index (Phi) is 4.64. The first-order valence-corrected chi connectivity index (χ1v) is 13.7. The normalized spacial score (nSPS) is 14.1. The fourth-order valence-electron chi connectivity index (χ4n) is 7.11. The van der Waals surface area contributed by atoms with Crippen LogP contribution in [0.2, 0.25) is 0 Å². The van der Waals surface area contributed by atoms with Gasteiger partial charge in [-0.05, 0) is 89.4 Å². The van der Waals surface area contributed by atoms with Crippen LogP contribution in [0.4, 0.5) is 17.1 Å². The maximum atomic E-state index is 12.8. The average Bonchev–Trinajstić information content (AvgIpc) is 3.27. The Hall–Kier alpha value is -4.89. The quantitative estimate of drug-likeness (QED) is 0.218. The summed E-state index contributed by atoms with van der Waals surface area (Å²) in [5.41, 5.74) is 13.5. The van der Waals surface area contributed by atoms with Crippen molar-refractivity contribution in [3.8, 4) is 11.1 Å². The third-order valence-electron chi connectivity index (χ3n) is 8.80. The highest BCUT2D eigenvalue weighted by molar-refractivity contribution is 5.97. The Labute approximate surface area is 233 Å². The van der Waals surface area contributed by atoms with Crippen LogP contribution in [0.5, 0.6) is 0 Å². The topological polar surface area (TPSA) is 33.5 Å². The lowest BCUT2D eigenvalue weighted by Crippen LogP contribution is -2.36. The zero-order valence-electron chi connectivity index (χ0n) is 22.7. The zero-order chi connectivity index (χ0) is 27.2. The molecule has 2 aliphatic rings. The molecular formula is C37H27NO2. The summed E-state index contributed by atoms with van der Waals surface area (Å²) in [7, 11) is 0. The van der Waals surface area contributed by atoms with Crippen molar-refractivity contribution in [2.24, 2.45) is 0 Å². The number of rotatable bonds is 1. The summed E-state index contributed by atoms with van der Waals surface area (Å²) in [6.45, 7) is 6.31. The fraction of sp³-hybridized carbons (Fsp3) is 0.108. The van der Waals surface area contributed by atoms with Crippen molar-refractivity contribution in [2.45, 2.75) is 26.2 Å². The highest BCUT2D eigenvalue weighted by Gasteiger charge is 2.51. The summed E-state index contributed by atoms with van der Waals surface area (Å²) >= 11 is 0. The van der Waals surface area contributed by atoms with Crippen LogP contribution in [-0.4, -0.2) is 0 Å². The zero-order valence-corrected chi connectivity index (χ0v) is 22.7. The van der Waals surface area contributed by atoms with Crippen molar-refractivity contribution < 1.29 is 4.42 Å². The van der Waals surface area contributed by atoms with Gasteiger partial charge in [-0.1, -0.05) is 90.0 Å². The van der Waals surface area contributed by atoms with Gasteiger partial charge in [0.2, 0.25) is 0 Å². The van der Waals surface area contributed by atoms with Crippen molar-refractivity contribution in [3.05, 3.63) is 159 Å². The molecule has 192 valence electrons. The van der Waals surface area contributed by atoms with E-state index >= 15 is 0 Å². The minimum Gasteiger partial charge on any atom is -0.431 e. The second-order valence-corrected chi connectivity index (χ2v) is 11.2. The number of anilines is 3. The molecule has 0 radical (unpaired) electrons. The predicted octanol–water partition coefficient (Wildman–Crippen LogP) is 8.86. The fourth-order valence-corrected chi connectivity index (χ4v) is 7.11. The van der Waals surface area contributed by atoms with Crippen LogP contribution in [0, 0.1) is 20.8 Å². The van der Waals surface area contributed by atoms with Gasteiger partial charge >= 0.3 is 5.63 Å². The maximum absolute atomic E-state index is 12.8. The van der Waals surface area contributed by atoms with Crippen LogP contribution in [0.25, 0.3) is 21.9 Å². The maximum Gasteiger partial charge on any atom is 0.343 e. The molecule has 8 rings (SSSR count). The highest BCUT2D eigenvalue weighted by atomic mass is 16.4. The molecule has 1 aliphatic carbocycles. The van der Waals surface area contributed by atoms with Gasteiger partial charge in [-0.25, -0.2) is 4.79 Å². The average molecular weight is 518 g/mol. The molecule has 0 amide bonds. The highest BCUT2D eigenvalue weighted by Crippen LogP contribution is 2.63. The minimum atomic E-state index is -0.459. The number of fused-ring (bicyclic) bond motifs is 10. The predicted molar refractivity (Wildman–Crippen MR) is 162 cm³/mol. The van der Waals surface area contributed by atoms with Crippen LogP contribution < -0.4 is 10.5 Å². The van der Waals surface area contributed by atoms with Gasteiger partial charge in [0.05, 0.1) is 28.4 Å².